The van der Waals surface area contributed by atoms with E-state index in [-0.39, 0.29) is 11.8 Å². The molecule has 19 heavy (non-hydrogen) atoms. The van der Waals surface area contributed by atoms with Gasteiger partial charge in [0.25, 0.3) is 0 Å². The molecule has 0 heterocycles. The molecule has 0 N–H and O–H groups in total. The van der Waals surface area contributed by atoms with Crippen molar-refractivity contribution in [3.05, 3.63) is 29.6 Å². The molecule has 0 aliphatic carbocycles. The molecule has 3 nitrogen and oxygen atoms in total. The number of benzene rings is 1. The average molecular weight is 268 g/mol. The smallest absolute Gasteiger partial charge is 0.305 e. The van der Waals surface area contributed by atoms with Gasteiger partial charge in [0.1, 0.15) is 11.6 Å². The van der Waals surface area contributed by atoms with Crippen molar-refractivity contribution in [2.24, 2.45) is 0 Å². The average Bonchev–Trinajstić information content (AvgIpc) is 2.38. The predicted molar refractivity (Wildman–Crippen MR) is 71.7 cm³/mol. The highest BCUT2D eigenvalue weighted by atomic mass is 19.1. The lowest BCUT2D eigenvalue weighted by molar-refractivity contribution is -0.143. The highest BCUT2D eigenvalue weighted by molar-refractivity contribution is 5.69. The van der Waals surface area contributed by atoms with Crippen LogP contribution in [0.25, 0.3) is 0 Å². The Labute approximate surface area is 113 Å². The maximum Gasteiger partial charge on any atom is 0.305 e. The third kappa shape index (κ3) is 6.22. The second kappa shape index (κ2) is 8.51. The summed E-state index contributed by atoms with van der Waals surface area (Å²) in [7, 11) is 0. The first-order chi connectivity index (χ1) is 9.13. The van der Waals surface area contributed by atoms with Crippen molar-refractivity contribution in [3.8, 4) is 5.75 Å². The predicted octanol–water partition coefficient (Wildman–Crippen LogP) is 3.64. The van der Waals surface area contributed by atoms with Crippen LogP contribution in [0.5, 0.6) is 5.75 Å². The molecule has 0 unspecified atom stereocenters. The van der Waals surface area contributed by atoms with Crippen molar-refractivity contribution in [3.63, 3.8) is 0 Å². The van der Waals surface area contributed by atoms with Crippen molar-refractivity contribution >= 4 is 5.97 Å². The van der Waals surface area contributed by atoms with Crippen molar-refractivity contribution in [2.75, 3.05) is 13.2 Å². The molecule has 4 heteroatoms. The van der Waals surface area contributed by atoms with Gasteiger partial charge in [-0.3, -0.25) is 4.79 Å². The lowest BCUT2D eigenvalue weighted by Gasteiger charge is -2.07. The van der Waals surface area contributed by atoms with Crippen LogP contribution in [-0.4, -0.2) is 19.2 Å². The molecule has 1 aromatic carbocycles. The van der Waals surface area contributed by atoms with Gasteiger partial charge in [-0.1, -0.05) is 0 Å². The number of rotatable bonds is 8. The van der Waals surface area contributed by atoms with E-state index in [0.717, 1.165) is 19.3 Å². The quantitative estimate of drug-likeness (QED) is 0.533. The molecule has 0 atom stereocenters. The zero-order valence-electron chi connectivity index (χ0n) is 11.6. The van der Waals surface area contributed by atoms with Crippen molar-refractivity contribution in [1.29, 1.82) is 0 Å². The van der Waals surface area contributed by atoms with E-state index in [1.165, 1.54) is 6.07 Å². The number of aryl methyl sites for hydroxylation is 1. The van der Waals surface area contributed by atoms with Crippen LogP contribution in [0.3, 0.4) is 0 Å². The highest BCUT2D eigenvalue weighted by Gasteiger charge is 2.02. The first-order valence-electron chi connectivity index (χ1n) is 6.68. The number of carbonyl (C=O) groups excluding carboxylic acids is 1. The molecule has 0 bridgehead atoms. The summed E-state index contributed by atoms with van der Waals surface area (Å²) in [6.45, 7) is 4.53. The van der Waals surface area contributed by atoms with Crippen molar-refractivity contribution < 1.29 is 18.7 Å². The molecule has 106 valence electrons. The summed E-state index contributed by atoms with van der Waals surface area (Å²) in [5.74, 6) is 0.323. The highest BCUT2D eigenvalue weighted by Crippen LogP contribution is 2.16. The zero-order valence-corrected chi connectivity index (χ0v) is 11.6. The van der Waals surface area contributed by atoms with Crippen LogP contribution in [0.1, 0.15) is 38.2 Å². The van der Waals surface area contributed by atoms with Crippen molar-refractivity contribution in [2.45, 2.75) is 39.5 Å². The Morgan fingerprint density at radius 1 is 1.26 bits per heavy atom. The summed E-state index contributed by atoms with van der Waals surface area (Å²) in [5.41, 5.74) is 0.583. The Hall–Kier alpha value is -1.58. The van der Waals surface area contributed by atoms with Gasteiger partial charge >= 0.3 is 5.97 Å². The van der Waals surface area contributed by atoms with E-state index >= 15 is 0 Å². The minimum atomic E-state index is -0.221. The lowest BCUT2D eigenvalue weighted by Crippen LogP contribution is -2.04. The summed E-state index contributed by atoms with van der Waals surface area (Å²) in [6.07, 6.45) is 3.06. The Bertz CT molecular complexity index is 404. The molecule has 0 fully saturated rings. The van der Waals surface area contributed by atoms with Gasteiger partial charge in [-0.2, -0.15) is 0 Å². The molecule has 0 saturated heterocycles. The van der Waals surface area contributed by atoms with Gasteiger partial charge in [-0.25, -0.2) is 4.39 Å². The van der Waals surface area contributed by atoms with Crippen LogP contribution in [0.4, 0.5) is 4.39 Å². The van der Waals surface area contributed by atoms with Crippen LogP contribution in [0.15, 0.2) is 18.2 Å². The van der Waals surface area contributed by atoms with Gasteiger partial charge in [-0.05, 0) is 56.9 Å². The summed E-state index contributed by atoms with van der Waals surface area (Å²) in [4.78, 5) is 11.1. The third-order valence-electron chi connectivity index (χ3n) is 2.73. The molecule has 1 rings (SSSR count). The Kier molecular flexibility index (Phi) is 6.93. The van der Waals surface area contributed by atoms with Crippen LogP contribution in [0.2, 0.25) is 0 Å². The largest absolute Gasteiger partial charge is 0.494 e. The second-order valence-corrected chi connectivity index (χ2v) is 4.38. The van der Waals surface area contributed by atoms with Crippen LogP contribution in [0, 0.1) is 12.7 Å². The van der Waals surface area contributed by atoms with E-state index in [9.17, 15) is 9.18 Å². The molecular formula is C15H21FO3. The Morgan fingerprint density at radius 2 is 2.05 bits per heavy atom. The second-order valence-electron chi connectivity index (χ2n) is 4.38. The Balaban J connectivity index is 2.10. The van der Waals surface area contributed by atoms with Crippen molar-refractivity contribution in [1.82, 2.24) is 0 Å². The number of carbonyl (C=O) groups is 1. The number of hydrogen-bond acceptors (Lipinski definition) is 3. The molecule has 0 saturated carbocycles. The molecule has 0 aromatic heterocycles. The maximum atomic E-state index is 13.0. The van der Waals surface area contributed by atoms with Gasteiger partial charge in [0.15, 0.2) is 0 Å². The van der Waals surface area contributed by atoms with E-state index in [1.807, 2.05) is 0 Å². The summed E-state index contributed by atoms with van der Waals surface area (Å²) < 4.78 is 23.4. The van der Waals surface area contributed by atoms with Gasteiger partial charge in [0, 0.05) is 6.42 Å². The normalized spacial score (nSPS) is 10.3. The number of halogens is 1. The molecule has 0 amide bonds. The minimum Gasteiger partial charge on any atom is -0.494 e. The number of hydrogen-bond donors (Lipinski definition) is 0. The topological polar surface area (TPSA) is 35.5 Å². The van der Waals surface area contributed by atoms with Gasteiger partial charge in [0.2, 0.25) is 0 Å². The molecule has 0 aliphatic heterocycles. The standard InChI is InChI=1S/C15H21FO3/c1-3-18-15(17)7-5-4-6-10-19-13-8-9-14(16)12(2)11-13/h8-9,11H,3-7,10H2,1-2H3. The number of ether oxygens (including phenoxy) is 2. The third-order valence-corrected chi connectivity index (χ3v) is 2.73. The summed E-state index contributed by atoms with van der Waals surface area (Å²) >= 11 is 0. The van der Waals surface area contributed by atoms with Gasteiger partial charge in [-0.15, -0.1) is 0 Å². The van der Waals surface area contributed by atoms with E-state index in [0.29, 0.717) is 30.9 Å². The van der Waals surface area contributed by atoms with E-state index in [1.54, 1.807) is 26.0 Å². The van der Waals surface area contributed by atoms with Crippen LogP contribution in [-0.2, 0) is 9.53 Å². The van der Waals surface area contributed by atoms with Crippen LogP contribution < -0.4 is 4.74 Å². The fourth-order valence-electron chi connectivity index (χ4n) is 1.68. The van der Waals surface area contributed by atoms with E-state index in [2.05, 4.69) is 0 Å². The SMILES string of the molecule is CCOC(=O)CCCCCOc1ccc(F)c(C)c1. The monoisotopic (exact) mass is 268 g/mol. The minimum absolute atomic E-state index is 0.141. The lowest BCUT2D eigenvalue weighted by atomic mass is 10.2. The summed E-state index contributed by atoms with van der Waals surface area (Å²) in [5, 5.41) is 0. The zero-order chi connectivity index (χ0) is 14.1. The molecule has 0 radical (unpaired) electrons. The van der Waals surface area contributed by atoms with Gasteiger partial charge < -0.3 is 9.47 Å². The van der Waals surface area contributed by atoms with E-state index < -0.39 is 0 Å². The molecular weight excluding hydrogens is 247 g/mol. The molecule has 0 aliphatic rings. The molecule has 0 spiro atoms. The number of unbranched alkanes of at least 4 members (excludes halogenated alkanes) is 2. The first kappa shape index (κ1) is 15.5. The van der Waals surface area contributed by atoms with Crippen LogP contribution >= 0.6 is 0 Å². The Morgan fingerprint density at radius 3 is 2.74 bits per heavy atom. The summed E-state index contributed by atoms with van der Waals surface area (Å²) in [6, 6.07) is 4.72. The number of esters is 1. The maximum absolute atomic E-state index is 13.0. The van der Waals surface area contributed by atoms with E-state index in [4.69, 9.17) is 9.47 Å². The fourth-order valence-corrected chi connectivity index (χ4v) is 1.68. The first-order valence-corrected chi connectivity index (χ1v) is 6.68. The van der Waals surface area contributed by atoms with Gasteiger partial charge in [0.05, 0.1) is 13.2 Å². The molecule has 1 aromatic rings. The fraction of sp³-hybridized carbons (Fsp3) is 0.533.